The van der Waals surface area contributed by atoms with E-state index in [1.54, 1.807) is 37.3 Å². The van der Waals surface area contributed by atoms with Crippen LogP contribution in [0.1, 0.15) is 34.4 Å². The van der Waals surface area contributed by atoms with E-state index < -0.39 is 23.4 Å². The molecule has 158 valence electrons. The van der Waals surface area contributed by atoms with Crippen LogP contribution in [0.25, 0.3) is 0 Å². The van der Waals surface area contributed by atoms with Crippen molar-refractivity contribution in [1.29, 1.82) is 0 Å². The minimum absolute atomic E-state index is 0.0450. The van der Waals surface area contributed by atoms with Crippen LogP contribution in [-0.2, 0) is 16.9 Å². The Morgan fingerprint density at radius 3 is 2.48 bits per heavy atom. The lowest BCUT2D eigenvalue weighted by Gasteiger charge is -2.21. The van der Waals surface area contributed by atoms with Gasteiger partial charge in [0.15, 0.2) is 5.76 Å². The van der Waals surface area contributed by atoms with Crippen molar-refractivity contribution >= 4 is 17.8 Å². The molecule has 4 rings (SSSR count). The summed E-state index contributed by atoms with van der Waals surface area (Å²) >= 11 is 0. The third-order valence-electron chi connectivity index (χ3n) is 5.04. The van der Waals surface area contributed by atoms with E-state index in [4.69, 9.17) is 9.15 Å². The maximum atomic E-state index is 12.9. The van der Waals surface area contributed by atoms with Gasteiger partial charge in [-0.05, 0) is 43.7 Å². The fourth-order valence-corrected chi connectivity index (χ4v) is 3.23. The SMILES string of the molecule is Cc1ccc(OCc2ccc(C(=O)NN3C(=O)NC(C)(c4ccccc4)C3=O)o2)cc1. The van der Waals surface area contributed by atoms with Gasteiger partial charge in [0.2, 0.25) is 0 Å². The van der Waals surface area contributed by atoms with Crippen molar-refractivity contribution in [2.24, 2.45) is 0 Å². The average Bonchev–Trinajstić information content (AvgIpc) is 3.33. The van der Waals surface area contributed by atoms with E-state index in [0.717, 1.165) is 5.56 Å². The topological polar surface area (TPSA) is 101 Å². The number of nitrogens with zero attached hydrogens (tertiary/aromatic N) is 1. The van der Waals surface area contributed by atoms with E-state index in [2.05, 4.69) is 10.7 Å². The first-order valence-corrected chi connectivity index (χ1v) is 9.68. The Morgan fingerprint density at radius 1 is 1.06 bits per heavy atom. The highest BCUT2D eigenvalue weighted by Gasteiger charge is 2.50. The second-order valence-corrected chi connectivity index (χ2v) is 7.37. The second kappa shape index (κ2) is 7.98. The van der Waals surface area contributed by atoms with E-state index in [1.165, 1.54) is 6.07 Å². The predicted molar refractivity (Wildman–Crippen MR) is 111 cm³/mol. The van der Waals surface area contributed by atoms with Crippen LogP contribution < -0.4 is 15.5 Å². The number of aryl methyl sites for hydroxylation is 1. The Balaban J connectivity index is 1.41. The van der Waals surface area contributed by atoms with Gasteiger partial charge in [-0.1, -0.05) is 48.0 Å². The summed E-state index contributed by atoms with van der Waals surface area (Å²) in [5.74, 6) is -0.255. The Kier molecular flexibility index (Phi) is 5.21. The lowest BCUT2D eigenvalue weighted by Crippen LogP contribution is -2.47. The van der Waals surface area contributed by atoms with Crippen LogP contribution in [0.3, 0.4) is 0 Å². The summed E-state index contributed by atoms with van der Waals surface area (Å²) in [6, 6.07) is 18.7. The molecular weight excluding hydrogens is 398 g/mol. The monoisotopic (exact) mass is 419 g/mol. The van der Waals surface area contributed by atoms with Gasteiger partial charge in [0.05, 0.1) is 0 Å². The van der Waals surface area contributed by atoms with E-state index in [9.17, 15) is 14.4 Å². The Hall–Kier alpha value is -4.07. The quantitative estimate of drug-likeness (QED) is 0.597. The normalized spacial score (nSPS) is 18.1. The minimum Gasteiger partial charge on any atom is -0.486 e. The highest BCUT2D eigenvalue weighted by Crippen LogP contribution is 2.27. The molecule has 0 aliphatic carbocycles. The van der Waals surface area contributed by atoms with E-state index in [1.807, 2.05) is 37.3 Å². The zero-order chi connectivity index (χ0) is 22.0. The van der Waals surface area contributed by atoms with Gasteiger partial charge >= 0.3 is 11.9 Å². The molecule has 1 atom stereocenters. The molecule has 0 radical (unpaired) electrons. The zero-order valence-electron chi connectivity index (χ0n) is 17.0. The van der Waals surface area contributed by atoms with E-state index in [0.29, 0.717) is 22.1 Å². The first-order valence-electron chi connectivity index (χ1n) is 9.68. The maximum absolute atomic E-state index is 12.9. The molecule has 1 fully saturated rings. The van der Waals surface area contributed by atoms with Crippen LogP contribution >= 0.6 is 0 Å². The van der Waals surface area contributed by atoms with Gasteiger partial charge in [0.25, 0.3) is 5.91 Å². The van der Waals surface area contributed by atoms with Crippen molar-refractivity contribution < 1.29 is 23.5 Å². The summed E-state index contributed by atoms with van der Waals surface area (Å²) in [4.78, 5) is 37.8. The summed E-state index contributed by atoms with van der Waals surface area (Å²) in [5.41, 5.74) is 2.76. The molecule has 2 aromatic carbocycles. The molecule has 3 aromatic rings. The number of hydrazine groups is 1. The number of carbonyl (C=O) groups excluding carboxylic acids is 3. The van der Waals surface area contributed by atoms with E-state index >= 15 is 0 Å². The molecule has 4 amide bonds. The largest absolute Gasteiger partial charge is 0.486 e. The molecule has 2 heterocycles. The van der Waals surface area contributed by atoms with Gasteiger partial charge in [-0.15, -0.1) is 0 Å². The highest BCUT2D eigenvalue weighted by molar-refractivity contribution is 6.09. The number of urea groups is 1. The van der Waals surface area contributed by atoms with Crippen LogP contribution in [0, 0.1) is 6.92 Å². The first kappa shape index (κ1) is 20.2. The number of imide groups is 1. The summed E-state index contributed by atoms with van der Waals surface area (Å²) in [6.45, 7) is 3.70. The first-order chi connectivity index (χ1) is 14.9. The number of nitrogens with one attached hydrogen (secondary N) is 2. The standard InChI is InChI=1S/C23H21N3O5/c1-15-8-10-17(11-9-15)30-14-18-12-13-19(31-18)20(27)25-26-21(28)23(2,24-22(26)29)16-6-4-3-5-7-16/h3-13H,14H2,1-2H3,(H,24,29)(H,25,27). The number of amides is 4. The molecule has 0 saturated carbocycles. The third kappa shape index (κ3) is 4.00. The molecule has 0 bridgehead atoms. The predicted octanol–water partition coefficient (Wildman–Crippen LogP) is 3.28. The molecule has 1 aliphatic heterocycles. The second-order valence-electron chi connectivity index (χ2n) is 7.37. The number of carbonyl (C=O) groups is 3. The van der Waals surface area contributed by atoms with Gasteiger partial charge < -0.3 is 14.5 Å². The molecule has 1 unspecified atom stereocenters. The molecule has 1 saturated heterocycles. The van der Waals surface area contributed by atoms with Crippen LogP contribution in [0.5, 0.6) is 5.75 Å². The summed E-state index contributed by atoms with van der Waals surface area (Å²) in [5, 5.41) is 3.29. The van der Waals surface area contributed by atoms with Crippen LogP contribution in [0.2, 0.25) is 0 Å². The molecule has 31 heavy (non-hydrogen) atoms. The minimum atomic E-state index is -1.28. The molecule has 8 heteroatoms. The third-order valence-corrected chi connectivity index (χ3v) is 5.04. The maximum Gasteiger partial charge on any atom is 0.344 e. The molecule has 1 aliphatic rings. The number of rotatable bonds is 6. The van der Waals surface area contributed by atoms with Gasteiger partial charge in [0, 0.05) is 0 Å². The fourth-order valence-electron chi connectivity index (χ4n) is 3.23. The van der Waals surface area contributed by atoms with Crippen molar-refractivity contribution in [3.63, 3.8) is 0 Å². The lowest BCUT2D eigenvalue weighted by atomic mass is 9.92. The van der Waals surface area contributed by atoms with Gasteiger partial charge in [0.1, 0.15) is 23.7 Å². The number of benzene rings is 2. The Morgan fingerprint density at radius 2 is 1.77 bits per heavy atom. The Labute approximate surface area is 178 Å². The fraction of sp³-hybridized carbons (Fsp3) is 0.174. The Bertz CT molecular complexity index is 1120. The molecule has 8 nitrogen and oxygen atoms in total. The number of hydrogen-bond donors (Lipinski definition) is 2. The van der Waals surface area contributed by atoms with Crippen LogP contribution in [-0.4, -0.2) is 22.9 Å². The van der Waals surface area contributed by atoms with Gasteiger partial charge in [-0.3, -0.25) is 9.59 Å². The molecular formula is C23H21N3O5. The van der Waals surface area contributed by atoms with E-state index in [-0.39, 0.29) is 12.4 Å². The van der Waals surface area contributed by atoms with Crippen LogP contribution in [0.4, 0.5) is 4.79 Å². The summed E-state index contributed by atoms with van der Waals surface area (Å²) < 4.78 is 11.1. The zero-order valence-corrected chi connectivity index (χ0v) is 17.0. The summed E-state index contributed by atoms with van der Waals surface area (Å²) in [7, 11) is 0. The number of ether oxygens (including phenoxy) is 1. The average molecular weight is 419 g/mol. The van der Waals surface area contributed by atoms with Crippen molar-refractivity contribution in [1.82, 2.24) is 15.8 Å². The highest BCUT2D eigenvalue weighted by atomic mass is 16.5. The molecule has 1 aromatic heterocycles. The summed E-state index contributed by atoms with van der Waals surface area (Å²) in [6.07, 6.45) is 0. The van der Waals surface area contributed by atoms with Gasteiger partial charge in [-0.2, -0.15) is 5.01 Å². The van der Waals surface area contributed by atoms with Crippen molar-refractivity contribution in [3.05, 3.63) is 89.4 Å². The number of furan rings is 1. The smallest absolute Gasteiger partial charge is 0.344 e. The lowest BCUT2D eigenvalue weighted by molar-refractivity contribution is -0.132. The molecule has 2 N–H and O–H groups in total. The van der Waals surface area contributed by atoms with Gasteiger partial charge in [-0.25, -0.2) is 10.2 Å². The van der Waals surface area contributed by atoms with Crippen molar-refractivity contribution in [3.8, 4) is 5.75 Å². The van der Waals surface area contributed by atoms with Crippen LogP contribution in [0.15, 0.2) is 71.1 Å². The van der Waals surface area contributed by atoms with Crippen molar-refractivity contribution in [2.45, 2.75) is 26.0 Å². The van der Waals surface area contributed by atoms with Crippen molar-refractivity contribution in [2.75, 3.05) is 0 Å². The molecule has 0 spiro atoms. The number of hydrogen-bond acceptors (Lipinski definition) is 5.